The Morgan fingerprint density at radius 2 is 1.33 bits per heavy atom. The third-order valence-corrected chi connectivity index (χ3v) is 1.65. The van der Waals surface area contributed by atoms with Gasteiger partial charge in [-0.1, -0.05) is 25.6 Å². The average Bonchev–Trinajstić information content (AvgIpc) is 1.86. The zero-order valence-corrected chi connectivity index (χ0v) is 9.60. The molecule has 0 saturated carbocycles. The molecule has 0 unspecified atom stereocenters. The van der Waals surface area contributed by atoms with Crippen LogP contribution >= 0.6 is 0 Å². The third kappa shape index (κ3) is 22.8. The highest BCUT2D eigenvalue weighted by Gasteiger charge is 2.05. The second-order valence-corrected chi connectivity index (χ2v) is 8.89. The summed E-state index contributed by atoms with van der Waals surface area (Å²) in [6, 6.07) is 0. The molecule has 0 amide bonds. The standard InChI is InChI=1S/C5H8O.C5H10Si/c1-4-5(2,3)6;1-5-6(2,3)4/h1,6H,2-3H3;1H,2-4H3. The molecule has 1 N–H and O–H groups in total. The van der Waals surface area contributed by atoms with Crippen LogP contribution in [0.25, 0.3) is 0 Å². The van der Waals surface area contributed by atoms with E-state index in [4.69, 9.17) is 18.0 Å². The van der Waals surface area contributed by atoms with Crippen LogP contribution in [0, 0.1) is 24.3 Å². The summed E-state index contributed by atoms with van der Waals surface area (Å²) in [5, 5.41) is 8.59. The summed E-state index contributed by atoms with van der Waals surface area (Å²) in [7, 11) is -1.10. The first-order chi connectivity index (χ1) is 5.12. The summed E-state index contributed by atoms with van der Waals surface area (Å²) in [5.41, 5.74) is 1.81. The van der Waals surface area contributed by atoms with Crippen LogP contribution in [-0.4, -0.2) is 18.8 Å². The molecule has 0 bridgehead atoms. The van der Waals surface area contributed by atoms with Crippen molar-refractivity contribution in [3.05, 3.63) is 0 Å². The highest BCUT2D eigenvalue weighted by Crippen LogP contribution is 1.94. The zero-order valence-electron chi connectivity index (χ0n) is 8.60. The molecule has 0 heterocycles. The number of hydrogen-bond acceptors (Lipinski definition) is 1. The second-order valence-electron chi connectivity index (χ2n) is 4.10. The molecule has 0 aliphatic heterocycles. The van der Waals surface area contributed by atoms with Crippen molar-refractivity contribution in [2.75, 3.05) is 0 Å². The first-order valence-corrected chi connectivity index (χ1v) is 7.30. The van der Waals surface area contributed by atoms with Crippen molar-refractivity contribution in [3.63, 3.8) is 0 Å². The maximum Gasteiger partial charge on any atom is 0.128 e. The van der Waals surface area contributed by atoms with Crippen molar-refractivity contribution < 1.29 is 5.11 Å². The first kappa shape index (κ1) is 13.9. The summed E-state index contributed by atoms with van der Waals surface area (Å²) < 4.78 is 0. The lowest BCUT2D eigenvalue weighted by atomic mass is 10.2. The van der Waals surface area contributed by atoms with Gasteiger partial charge in [-0.25, -0.2) is 0 Å². The van der Waals surface area contributed by atoms with Gasteiger partial charge in [-0.15, -0.1) is 18.4 Å². The molecule has 0 atom stereocenters. The van der Waals surface area contributed by atoms with Crippen molar-refractivity contribution >= 4 is 8.07 Å². The maximum atomic E-state index is 8.59. The van der Waals surface area contributed by atoms with Gasteiger partial charge in [-0.05, 0) is 13.8 Å². The van der Waals surface area contributed by atoms with Crippen molar-refractivity contribution in [1.82, 2.24) is 0 Å². The number of terminal acetylenes is 2. The smallest absolute Gasteiger partial charge is 0.128 e. The Bertz CT molecular complexity index is 168. The minimum Gasteiger partial charge on any atom is -0.378 e. The molecule has 0 aliphatic carbocycles. The van der Waals surface area contributed by atoms with Gasteiger partial charge in [-0.3, -0.25) is 0 Å². The van der Waals surface area contributed by atoms with Crippen LogP contribution in [0.4, 0.5) is 0 Å². The van der Waals surface area contributed by atoms with E-state index >= 15 is 0 Å². The van der Waals surface area contributed by atoms with E-state index in [1.54, 1.807) is 13.8 Å². The van der Waals surface area contributed by atoms with Crippen LogP contribution in [0.1, 0.15) is 13.8 Å². The Balaban J connectivity index is 0. The molecule has 0 fully saturated rings. The van der Waals surface area contributed by atoms with Crippen LogP contribution in [0.3, 0.4) is 0 Å². The molecule has 0 aromatic heterocycles. The summed E-state index contributed by atoms with van der Waals surface area (Å²) in [6.45, 7) is 9.56. The third-order valence-electron chi connectivity index (χ3n) is 0.786. The Labute approximate surface area is 77.2 Å². The van der Waals surface area contributed by atoms with E-state index in [-0.39, 0.29) is 0 Å². The molecule has 68 valence electrons. The van der Waals surface area contributed by atoms with Gasteiger partial charge in [0.2, 0.25) is 0 Å². The maximum absolute atomic E-state index is 8.59. The molecule has 2 heteroatoms. The Hall–Kier alpha value is -0.703. The fourth-order valence-corrected chi connectivity index (χ4v) is 0. The summed E-state index contributed by atoms with van der Waals surface area (Å²) in [4.78, 5) is 0. The van der Waals surface area contributed by atoms with Crippen molar-refractivity contribution in [2.24, 2.45) is 0 Å². The topological polar surface area (TPSA) is 20.2 Å². The predicted molar refractivity (Wildman–Crippen MR) is 57.3 cm³/mol. The average molecular weight is 182 g/mol. The number of rotatable bonds is 0. The van der Waals surface area contributed by atoms with E-state index in [1.807, 2.05) is 0 Å². The lowest BCUT2D eigenvalue weighted by Gasteiger charge is -2.04. The van der Waals surface area contributed by atoms with Crippen LogP contribution in [0.5, 0.6) is 0 Å². The molecule has 0 spiro atoms. The fourth-order valence-electron chi connectivity index (χ4n) is 0. The molecule has 0 aromatic carbocycles. The summed E-state index contributed by atoms with van der Waals surface area (Å²) in [6.07, 6.45) is 9.92. The quantitative estimate of drug-likeness (QED) is 0.448. The normalized spacial score (nSPS) is 10.3. The molecular formula is C10H18OSi. The van der Waals surface area contributed by atoms with Gasteiger partial charge in [0.1, 0.15) is 13.7 Å². The molecule has 0 aliphatic rings. The van der Waals surface area contributed by atoms with Gasteiger partial charge in [-0.2, -0.15) is 0 Å². The van der Waals surface area contributed by atoms with E-state index in [2.05, 4.69) is 31.1 Å². The van der Waals surface area contributed by atoms with Crippen LogP contribution < -0.4 is 0 Å². The zero-order chi connectivity index (χ0) is 10.4. The minimum absolute atomic E-state index is 0.931. The van der Waals surface area contributed by atoms with E-state index in [0.717, 1.165) is 0 Å². The van der Waals surface area contributed by atoms with Gasteiger partial charge in [0, 0.05) is 0 Å². The minimum atomic E-state index is -1.10. The van der Waals surface area contributed by atoms with Gasteiger partial charge in [0.05, 0.1) is 0 Å². The summed E-state index contributed by atoms with van der Waals surface area (Å²) >= 11 is 0. The molecule has 0 radical (unpaired) electrons. The van der Waals surface area contributed by atoms with Crippen LogP contribution in [-0.2, 0) is 0 Å². The fraction of sp³-hybridized carbons (Fsp3) is 0.600. The molecule has 1 nitrogen and oxygen atoms in total. The second kappa shape index (κ2) is 5.03. The number of aliphatic hydroxyl groups is 1. The molecule has 0 saturated heterocycles. The van der Waals surface area contributed by atoms with Crippen LogP contribution in [0.15, 0.2) is 0 Å². The van der Waals surface area contributed by atoms with E-state index in [1.165, 1.54) is 0 Å². The molecular weight excluding hydrogens is 164 g/mol. The van der Waals surface area contributed by atoms with E-state index in [9.17, 15) is 0 Å². The highest BCUT2D eigenvalue weighted by atomic mass is 28.3. The van der Waals surface area contributed by atoms with Gasteiger partial charge < -0.3 is 5.11 Å². The largest absolute Gasteiger partial charge is 0.378 e. The van der Waals surface area contributed by atoms with Gasteiger partial charge in [0.15, 0.2) is 0 Å². The molecule has 12 heavy (non-hydrogen) atoms. The first-order valence-electron chi connectivity index (χ1n) is 3.80. The van der Waals surface area contributed by atoms with Crippen molar-refractivity contribution in [1.29, 1.82) is 0 Å². The van der Waals surface area contributed by atoms with Crippen molar-refractivity contribution in [2.45, 2.75) is 39.1 Å². The van der Waals surface area contributed by atoms with Crippen molar-refractivity contribution in [3.8, 4) is 24.3 Å². The Morgan fingerprint density at radius 3 is 1.33 bits per heavy atom. The lowest BCUT2D eigenvalue weighted by molar-refractivity contribution is 0.144. The number of hydrogen-bond donors (Lipinski definition) is 1. The van der Waals surface area contributed by atoms with Crippen LogP contribution in [0.2, 0.25) is 19.6 Å². The Kier molecular flexibility index (Phi) is 5.81. The highest BCUT2D eigenvalue weighted by molar-refractivity contribution is 6.83. The lowest BCUT2D eigenvalue weighted by Crippen LogP contribution is -2.15. The molecule has 0 rings (SSSR count). The Morgan fingerprint density at radius 1 is 1.17 bits per heavy atom. The van der Waals surface area contributed by atoms with Gasteiger partial charge in [0.25, 0.3) is 0 Å². The van der Waals surface area contributed by atoms with E-state index in [0.29, 0.717) is 0 Å². The summed E-state index contributed by atoms with van der Waals surface area (Å²) in [5.74, 6) is 2.16. The predicted octanol–water partition coefficient (Wildman–Crippen LogP) is 1.89. The molecule has 0 aromatic rings. The van der Waals surface area contributed by atoms with Gasteiger partial charge >= 0.3 is 0 Å². The SMILES string of the molecule is C#CC(C)(C)O.C#C[Si](C)(C)C. The monoisotopic (exact) mass is 182 g/mol. The van der Waals surface area contributed by atoms with E-state index < -0.39 is 13.7 Å².